The second-order valence-electron chi connectivity index (χ2n) is 4.03. The number of halogens is 3. The summed E-state index contributed by atoms with van der Waals surface area (Å²) in [6, 6.07) is 7.59. The van der Waals surface area contributed by atoms with Gasteiger partial charge in [0.25, 0.3) is 0 Å². The number of alkyl halides is 1. The van der Waals surface area contributed by atoms with Gasteiger partial charge < -0.3 is 4.42 Å². The van der Waals surface area contributed by atoms with Crippen molar-refractivity contribution >= 4 is 15.9 Å². The van der Waals surface area contributed by atoms with Gasteiger partial charge in [-0.3, -0.25) is 0 Å². The van der Waals surface area contributed by atoms with Crippen LogP contribution in [-0.4, -0.2) is 0 Å². The van der Waals surface area contributed by atoms with E-state index in [0.29, 0.717) is 5.76 Å². The Kier molecular flexibility index (Phi) is 4.17. The molecule has 1 nitrogen and oxygen atoms in total. The highest BCUT2D eigenvalue weighted by Gasteiger charge is 2.17. The highest BCUT2D eigenvalue weighted by molar-refractivity contribution is 9.09. The first-order chi connectivity index (χ1) is 8.61. The Morgan fingerprint density at radius 1 is 1.17 bits per heavy atom. The van der Waals surface area contributed by atoms with Gasteiger partial charge in [-0.25, -0.2) is 8.78 Å². The first kappa shape index (κ1) is 13.3. The summed E-state index contributed by atoms with van der Waals surface area (Å²) in [5.41, 5.74) is 0.0776. The Hall–Kier alpha value is -1.16. The van der Waals surface area contributed by atoms with Gasteiger partial charge in [-0.05, 0) is 30.7 Å². The van der Waals surface area contributed by atoms with Crippen LogP contribution < -0.4 is 0 Å². The average molecular weight is 315 g/mol. The molecule has 0 amide bonds. The van der Waals surface area contributed by atoms with Crippen LogP contribution in [0.25, 0.3) is 0 Å². The molecule has 1 aromatic carbocycles. The topological polar surface area (TPSA) is 13.1 Å². The minimum Gasteiger partial charge on any atom is -0.465 e. The molecule has 2 rings (SSSR count). The van der Waals surface area contributed by atoms with Crippen LogP contribution >= 0.6 is 15.9 Å². The molecule has 0 radical (unpaired) electrons. The lowest BCUT2D eigenvalue weighted by molar-refractivity contribution is 0.463. The molecule has 96 valence electrons. The maximum Gasteiger partial charge on any atom is 0.129 e. The van der Waals surface area contributed by atoms with Crippen molar-refractivity contribution in [2.75, 3.05) is 0 Å². The molecule has 0 aliphatic carbocycles. The van der Waals surface area contributed by atoms with Crippen molar-refractivity contribution < 1.29 is 13.2 Å². The molecular weight excluding hydrogens is 302 g/mol. The molecule has 1 atom stereocenters. The normalized spacial score (nSPS) is 12.7. The molecule has 0 aliphatic heterocycles. The summed E-state index contributed by atoms with van der Waals surface area (Å²) in [5.74, 6) is 0.501. The number of hydrogen-bond acceptors (Lipinski definition) is 1. The van der Waals surface area contributed by atoms with Gasteiger partial charge in [-0.1, -0.05) is 28.9 Å². The minimum atomic E-state index is -0.526. The fourth-order valence-corrected chi connectivity index (χ4v) is 2.33. The van der Waals surface area contributed by atoms with Crippen molar-refractivity contribution in [2.45, 2.75) is 24.6 Å². The third-order valence-corrected chi connectivity index (χ3v) is 3.56. The van der Waals surface area contributed by atoms with E-state index in [0.717, 1.165) is 12.2 Å². The molecule has 0 N–H and O–H groups in total. The van der Waals surface area contributed by atoms with Crippen LogP contribution in [-0.2, 0) is 12.8 Å². The van der Waals surface area contributed by atoms with E-state index in [-0.39, 0.29) is 16.8 Å². The fraction of sp³-hybridized carbons (Fsp3) is 0.286. The maximum atomic E-state index is 13.5. The molecule has 0 fully saturated rings. The van der Waals surface area contributed by atoms with Gasteiger partial charge in [0.15, 0.2) is 0 Å². The van der Waals surface area contributed by atoms with Crippen LogP contribution in [0.15, 0.2) is 34.7 Å². The highest BCUT2D eigenvalue weighted by atomic mass is 79.9. The first-order valence-corrected chi connectivity index (χ1v) is 6.69. The Bertz CT molecular complexity index is 516. The first-order valence-electron chi connectivity index (χ1n) is 5.77. The van der Waals surface area contributed by atoms with Crippen LogP contribution in [0.2, 0.25) is 0 Å². The average Bonchev–Trinajstić information content (AvgIpc) is 2.82. The lowest BCUT2D eigenvalue weighted by Gasteiger charge is -2.09. The van der Waals surface area contributed by atoms with E-state index in [1.807, 2.05) is 19.1 Å². The molecular formula is C14H13BrF2O. The van der Waals surface area contributed by atoms with Crippen LogP contribution in [0.4, 0.5) is 8.78 Å². The zero-order valence-corrected chi connectivity index (χ0v) is 11.5. The summed E-state index contributed by atoms with van der Waals surface area (Å²) in [6.07, 6.45) is 1.02. The molecule has 4 heteroatoms. The SMILES string of the molecule is CCc1ccc(C(Br)Cc2c(F)cccc2F)o1. The van der Waals surface area contributed by atoms with Crippen LogP contribution in [0.3, 0.4) is 0 Å². The molecule has 1 aromatic heterocycles. The Balaban J connectivity index is 2.18. The van der Waals surface area contributed by atoms with Gasteiger partial charge in [0.1, 0.15) is 23.2 Å². The summed E-state index contributed by atoms with van der Waals surface area (Å²) in [7, 11) is 0. The molecule has 0 saturated carbocycles. The molecule has 0 bridgehead atoms. The largest absolute Gasteiger partial charge is 0.465 e. The van der Waals surface area contributed by atoms with Crippen LogP contribution in [0, 0.1) is 11.6 Å². The third-order valence-electron chi connectivity index (χ3n) is 2.78. The lowest BCUT2D eigenvalue weighted by atomic mass is 10.1. The Morgan fingerprint density at radius 3 is 2.39 bits per heavy atom. The maximum absolute atomic E-state index is 13.5. The standard InChI is InChI=1S/C14H13BrF2O/c1-2-9-6-7-14(18-9)11(15)8-10-12(16)4-3-5-13(10)17/h3-7,11H,2,8H2,1H3. The lowest BCUT2D eigenvalue weighted by Crippen LogP contribution is -2.00. The molecule has 2 aromatic rings. The number of rotatable bonds is 4. The number of hydrogen-bond donors (Lipinski definition) is 0. The quantitative estimate of drug-likeness (QED) is 0.739. The predicted octanol–water partition coefficient (Wildman–Crippen LogP) is 4.80. The van der Waals surface area contributed by atoms with Gasteiger partial charge in [0.2, 0.25) is 0 Å². The summed E-state index contributed by atoms with van der Waals surface area (Å²) >= 11 is 3.41. The van der Waals surface area contributed by atoms with E-state index >= 15 is 0 Å². The summed E-state index contributed by atoms with van der Waals surface area (Å²) in [4.78, 5) is -0.232. The van der Waals surface area contributed by atoms with Crippen molar-refractivity contribution in [2.24, 2.45) is 0 Å². The van der Waals surface area contributed by atoms with Crippen molar-refractivity contribution in [3.05, 3.63) is 59.1 Å². The van der Waals surface area contributed by atoms with Crippen LogP contribution in [0.1, 0.15) is 28.8 Å². The summed E-state index contributed by atoms with van der Waals surface area (Å²) in [5, 5.41) is 0. The van der Waals surface area contributed by atoms with E-state index in [4.69, 9.17) is 4.42 Å². The van der Waals surface area contributed by atoms with Gasteiger partial charge in [0, 0.05) is 12.0 Å². The van der Waals surface area contributed by atoms with Gasteiger partial charge in [-0.2, -0.15) is 0 Å². The zero-order valence-electron chi connectivity index (χ0n) is 9.92. The molecule has 18 heavy (non-hydrogen) atoms. The van der Waals surface area contributed by atoms with E-state index < -0.39 is 11.6 Å². The zero-order chi connectivity index (χ0) is 13.1. The summed E-state index contributed by atoms with van der Waals surface area (Å²) < 4.78 is 32.6. The molecule has 1 unspecified atom stereocenters. The van der Waals surface area contributed by atoms with Crippen molar-refractivity contribution in [3.63, 3.8) is 0 Å². The fourth-order valence-electron chi connectivity index (χ4n) is 1.76. The van der Waals surface area contributed by atoms with Gasteiger partial charge >= 0.3 is 0 Å². The molecule has 0 saturated heterocycles. The number of furan rings is 1. The summed E-state index contributed by atoms with van der Waals surface area (Å²) in [6.45, 7) is 1.99. The monoisotopic (exact) mass is 314 g/mol. The highest BCUT2D eigenvalue weighted by Crippen LogP contribution is 2.30. The molecule has 0 spiro atoms. The van der Waals surface area contributed by atoms with Crippen LogP contribution in [0.5, 0.6) is 0 Å². The molecule has 1 heterocycles. The van der Waals surface area contributed by atoms with Crippen molar-refractivity contribution in [3.8, 4) is 0 Å². The van der Waals surface area contributed by atoms with E-state index in [1.54, 1.807) is 0 Å². The van der Waals surface area contributed by atoms with E-state index in [9.17, 15) is 8.78 Å². The van der Waals surface area contributed by atoms with Gasteiger partial charge in [0.05, 0.1) is 4.83 Å². The minimum absolute atomic E-state index is 0.0776. The smallest absolute Gasteiger partial charge is 0.129 e. The molecule has 0 aliphatic rings. The van der Waals surface area contributed by atoms with Crippen molar-refractivity contribution in [1.29, 1.82) is 0 Å². The number of aryl methyl sites for hydroxylation is 1. The van der Waals surface area contributed by atoms with Crippen molar-refractivity contribution in [1.82, 2.24) is 0 Å². The van der Waals surface area contributed by atoms with E-state index in [2.05, 4.69) is 15.9 Å². The second-order valence-corrected chi connectivity index (χ2v) is 5.13. The third kappa shape index (κ3) is 2.80. The Morgan fingerprint density at radius 2 is 1.83 bits per heavy atom. The number of benzene rings is 1. The van der Waals surface area contributed by atoms with E-state index in [1.165, 1.54) is 18.2 Å². The predicted molar refractivity (Wildman–Crippen MR) is 69.8 cm³/mol. The Labute approximate surface area is 113 Å². The second kappa shape index (κ2) is 5.65. The van der Waals surface area contributed by atoms with Gasteiger partial charge in [-0.15, -0.1) is 0 Å².